The lowest BCUT2D eigenvalue weighted by Crippen LogP contribution is -2.44. The molecule has 2 aromatic rings. The summed E-state index contributed by atoms with van der Waals surface area (Å²) in [5, 5.41) is 13.6. The smallest absolute Gasteiger partial charge is 0.262 e. The average molecular weight is 373 g/mol. The highest BCUT2D eigenvalue weighted by Gasteiger charge is 2.36. The minimum Gasteiger partial charge on any atom is -0.384 e. The highest BCUT2D eigenvalue weighted by Crippen LogP contribution is 2.23. The lowest BCUT2D eigenvalue weighted by Gasteiger charge is -2.25. The van der Waals surface area contributed by atoms with E-state index < -0.39 is 29.9 Å². The summed E-state index contributed by atoms with van der Waals surface area (Å²) in [4.78, 5) is 37.6. The van der Waals surface area contributed by atoms with Crippen molar-refractivity contribution in [1.82, 2.24) is 10.2 Å². The molecule has 26 heavy (non-hydrogen) atoms. The third-order valence-corrected chi connectivity index (χ3v) is 4.53. The summed E-state index contributed by atoms with van der Waals surface area (Å²) >= 11 is 5.83. The van der Waals surface area contributed by atoms with Crippen LogP contribution in [0.25, 0.3) is 0 Å². The number of rotatable bonds is 5. The molecular weight excluding hydrogens is 356 g/mol. The van der Waals surface area contributed by atoms with Gasteiger partial charge in [-0.2, -0.15) is 0 Å². The van der Waals surface area contributed by atoms with Gasteiger partial charge in [-0.3, -0.25) is 19.3 Å². The molecule has 1 unspecified atom stereocenters. The maximum Gasteiger partial charge on any atom is 0.262 e. The molecule has 0 bridgehead atoms. The van der Waals surface area contributed by atoms with Gasteiger partial charge in [-0.1, -0.05) is 35.9 Å². The highest BCUT2D eigenvalue weighted by molar-refractivity contribution is 6.30. The standard InChI is InChI=1S/C19H17ClN2O4/c1-19(26,12-6-8-13(20)9-7-12)11-21-16(23)10-22-17(24)14-4-2-3-5-15(14)18(22)25/h2-9,26H,10-11H2,1H3,(H,21,23). The predicted octanol–water partition coefficient (Wildman–Crippen LogP) is 1.96. The Bertz CT molecular complexity index is 842. The second-order valence-electron chi connectivity index (χ2n) is 6.30. The van der Waals surface area contributed by atoms with Crippen LogP contribution in [0.2, 0.25) is 5.02 Å². The Hall–Kier alpha value is -2.70. The zero-order chi connectivity index (χ0) is 18.9. The number of imide groups is 1. The topological polar surface area (TPSA) is 86.7 Å². The van der Waals surface area contributed by atoms with Crippen LogP contribution in [-0.2, 0) is 10.4 Å². The maximum absolute atomic E-state index is 12.3. The predicted molar refractivity (Wildman–Crippen MR) is 95.8 cm³/mol. The summed E-state index contributed by atoms with van der Waals surface area (Å²) in [6, 6.07) is 13.1. The van der Waals surface area contributed by atoms with Gasteiger partial charge in [-0.25, -0.2) is 0 Å². The molecule has 3 rings (SSSR count). The van der Waals surface area contributed by atoms with E-state index in [2.05, 4.69) is 5.32 Å². The summed E-state index contributed by atoms with van der Waals surface area (Å²) in [6.07, 6.45) is 0. The molecule has 0 saturated carbocycles. The third-order valence-electron chi connectivity index (χ3n) is 4.28. The van der Waals surface area contributed by atoms with E-state index in [0.29, 0.717) is 21.7 Å². The van der Waals surface area contributed by atoms with Crippen LogP contribution in [0.1, 0.15) is 33.2 Å². The fraction of sp³-hybridized carbons (Fsp3) is 0.211. The van der Waals surface area contributed by atoms with Gasteiger partial charge >= 0.3 is 0 Å². The SMILES string of the molecule is CC(O)(CNC(=O)CN1C(=O)c2ccccc2C1=O)c1ccc(Cl)cc1. The van der Waals surface area contributed by atoms with E-state index in [4.69, 9.17) is 11.6 Å². The van der Waals surface area contributed by atoms with Gasteiger partial charge in [0, 0.05) is 5.02 Å². The van der Waals surface area contributed by atoms with Crippen molar-refractivity contribution in [3.63, 3.8) is 0 Å². The van der Waals surface area contributed by atoms with Crippen LogP contribution in [-0.4, -0.2) is 40.8 Å². The van der Waals surface area contributed by atoms with Crippen LogP contribution in [0.4, 0.5) is 0 Å². The first kappa shape index (κ1) is 18.1. The quantitative estimate of drug-likeness (QED) is 0.785. The van der Waals surface area contributed by atoms with Crippen molar-refractivity contribution < 1.29 is 19.5 Å². The largest absolute Gasteiger partial charge is 0.384 e. The Labute approximate surface area is 155 Å². The Kier molecular flexibility index (Phi) is 4.80. The van der Waals surface area contributed by atoms with Crippen molar-refractivity contribution in [2.24, 2.45) is 0 Å². The monoisotopic (exact) mass is 372 g/mol. The number of carbonyl (C=O) groups excluding carboxylic acids is 3. The Morgan fingerprint density at radius 3 is 2.15 bits per heavy atom. The number of carbonyl (C=O) groups is 3. The number of nitrogens with zero attached hydrogens (tertiary/aromatic N) is 1. The first-order valence-electron chi connectivity index (χ1n) is 8.00. The van der Waals surface area contributed by atoms with Gasteiger partial charge in [0.1, 0.15) is 12.1 Å². The van der Waals surface area contributed by atoms with Gasteiger partial charge in [-0.15, -0.1) is 0 Å². The lowest BCUT2D eigenvalue weighted by molar-refractivity contribution is -0.122. The molecule has 1 aliphatic heterocycles. The molecule has 1 heterocycles. The van der Waals surface area contributed by atoms with E-state index in [1.54, 1.807) is 55.5 Å². The van der Waals surface area contributed by atoms with E-state index in [9.17, 15) is 19.5 Å². The Morgan fingerprint density at radius 2 is 1.62 bits per heavy atom. The number of halogens is 1. The van der Waals surface area contributed by atoms with Crippen molar-refractivity contribution >= 4 is 29.3 Å². The second kappa shape index (κ2) is 6.90. The zero-order valence-corrected chi connectivity index (χ0v) is 14.8. The third kappa shape index (κ3) is 3.47. The molecule has 3 amide bonds. The molecule has 0 aromatic heterocycles. The molecule has 0 aliphatic carbocycles. The van der Waals surface area contributed by atoms with Crippen LogP contribution in [0.5, 0.6) is 0 Å². The normalized spacial score (nSPS) is 15.6. The van der Waals surface area contributed by atoms with E-state index in [1.165, 1.54) is 0 Å². The Balaban J connectivity index is 1.62. The zero-order valence-electron chi connectivity index (χ0n) is 14.0. The fourth-order valence-corrected chi connectivity index (χ4v) is 2.89. The molecule has 6 nitrogen and oxygen atoms in total. The molecule has 2 aromatic carbocycles. The van der Waals surface area contributed by atoms with Crippen LogP contribution in [0.15, 0.2) is 48.5 Å². The van der Waals surface area contributed by atoms with Gasteiger partial charge in [0.15, 0.2) is 0 Å². The number of aliphatic hydroxyl groups is 1. The summed E-state index contributed by atoms with van der Waals surface area (Å²) in [7, 11) is 0. The van der Waals surface area contributed by atoms with E-state index in [-0.39, 0.29) is 6.54 Å². The molecule has 2 N–H and O–H groups in total. The van der Waals surface area contributed by atoms with Crippen LogP contribution in [0, 0.1) is 0 Å². The Morgan fingerprint density at radius 1 is 1.08 bits per heavy atom. The van der Waals surface area contributed by atoms with Gasteiger partial charge in [0.25, 0.3) is 11.8 Å². The van der Waals surface area contributed by atoms with E-state index in [1.807, 2.05) is 0 Å². The highest BCUT2D eigenvalue weighted by atomic mass is 35.5. The molecule has 1 aliphatic rings. The number of benzene rings is 2. The lowest BCUT2D eigenvalue weighted by atomic mass is 9.96. The van der Waals surface area contributed by atoms with Crippen LogP contribution in [0.3, 0.4) is 0 Å². The summed E-state index contributed by atoms with van der Waals surface area (Å²) < 4.78 is 0. The van der Waals surface area contributed by atoms with E-state index >= 15 is 0 Å². The average Bonchev–Trinajstić information content (AvgIpc) is 2.86. The van der Waals surface area contributed by atoms with Crippen molar-refractivity contribution in [2.75, 3.05) is 13.1 Å². The van der Waals surface area contributed by atoms with Crippen LogP contribution < -0.4 is 5.32 Å². The molecular formula is C19H17ClN2O4. The minimum atomic E-state index is -1.32. The first-order valence-corrected chi connectivity index (χ1v) is 8.38. The van der Waals surface area contributed by atoms with Gasteiger partial charge < -0.3 is 10.4 Å². The van der Waals surface area contributed by atoms with Crippen molar-refractivity contribution in [2.45, 2.75) is 12.5 Å². The number of amides is 3. The molecule has 134 valence electrons. The maximum atomic E-state index is 12.3. The first-order chi connectivity index (χ1) is 12.3. The summed E-state index contributed by atoms with van der Waals surface area (Å²) in [6.45, 7) is 1.08. The molecule has 0 radical (unpaired) electrons. The number of fused-ring (bicyclic) bond motifs is 1. The van der Waals surface area contributed by atoms with Crippen molar-refractivity contribution in [3.8, 4) is 0 Å². The molecule has 0 fully saturated rings. The molecule has 0 saturated heterocycles. The molecule has 0 spiro atoms. The van der Waals surface area contributed by atoms with Crippen molar-refractivity contribution in [1.29, 1.82) is 0 Å². The summed E-state index contributed by atoms with van der Waals surface area (Å²) in [5.41, 5.74) is -0.151. The van der Waals surface area contributed by atoms with Crippen LogP contribution >= 0.6 is 11.6 Å². The number of hydrogen-bond donors (Lipinski definition) is 2. The van der Waals surface area contributed by atoms with E-state index in [0.717, 1.165) is 4.90 Å². The summed E-state index contributed by atoms with van der Waals surface area (Å²) in [5.74, 6) is -1.52. The van der Waals surface area contributed by atoms with Gasteiger partial charge in [0.2, 0.25) is 5.91 Å². The molecule has 1 atom stereocenters. The number of hydrogen-bond acceptors (Lipinski definition) is 4. The fourth-order valence-electron chi connectivity index (χ4n) is 2.76. The van der Waals surface area contributed by atoms with Crippen molar-refractivity contribution in [3.05, 3.63) is 70.2 Å². The molecule has 7 heteroatoms. The van der Waals surface area contributed by atoms with Gasteiger partial charge in [-0.05, 0) is 36.8 Å². The van der Waals surface area contributed by atoms with Gasteiger partial charge in [0.05, 0.1) is 17.7 Å². The second-order valence-corrected chi connectivity index (χ2v) is 6.74. The number of nitrogens with one attached hydrogen (secondary N) is 1. The minimum absolute atomic E-state index is 0.0728.